The normalized spacial score (nSPS) is 12.1. The van der Waals surface area contributed by atoms with Crippen molar-refractivity contribution in [3.05, 3.63) is 29.8 Å². The van der Waals surface area contributed by atoms with Crippen LogP contribution in [0.5, 0.6) is 5.75 Å². The second-order valence-electron chi connectivity index (χ2n) is 3.41. The minimum absolute atomic E-state index is 0.171. The van der Waals surface area contributed by atoms with Gasteiger partial charge in [-0.3, -0.25) is 4.79 Å². The van der Waals surface area contributed by atoms with Gasteiger partial charge in [-0.05, 0) is 26.0 Å². The molecule has 0 aliphatic rings. The molecule has 0 fully saturated rings. The van der Waals surface area contributed by atoms with Crippen molar-refractivity contribution in [1.82, 2.24) is 0 Å². The summed E-state index contributed by atoms with van der Waals surface area (Å²) in [7, 11) is 0. The van der Waals surface area contributed by atoms with E-state index in [-0.39, 0.29) is 18.4 Å². The molecule has 1 amide bonds. The van der Waals surface area contributed by atoms with Gasteiger partial charge in [0.2, 0.25) is 5.91 Å². The molecule has 76 valence electrons. The van der Waals surface area contributed by atoms with Gasteiger partial charge in [0.15, 0.2) is 0 Å². The van der Waals surface area contributed by atoms with Crippen LogP contribution >= 0.6 is 0 Å². The van der Waals surface area contributed by atoms with Gasteiger partial charge in [0.05, 0.1) is 6.42 Å². The van der Waals surface area contributed by atoms with Crippen molar-refractivity contribution in [2.24, 2.45) is 5.73 Å². The molecular weight excluding hydrogens is 178 g/mol. The smallest absolute Gasteiger partial charge is 0.221 e. The summed E-state index contributed by atoms with van der Waals surface area (Å²) in [5.74, 6) is 0.425. The number of rotatable bonds is 4. The van der Waals surface area contributed by atoms with Crippen molar-refractivity contribution in [3.63, 3.8) is 0 Å². The van der Waals surface area contributed by atoms with Crippen LogP contribution in [0.4, 0.5) is 0 Å². The van der Waals surface area contributed by atoms with E-state index >= 15 is 0 Å². The number of primary amides is 1. The van der Waals surface area contributed by atoms with Gasteiger partial charge in [-0.1, -0.05) is 17.7 Å². The van der Waals surface area contributed by atoms with Crippen LogP contribution in [-0.4, -0.2) is 12.0 Å². The SMILES string of the molecule is Cc1ccc(OC(C)CC(N)=O)cc1. The van der Waals surface area contributed by atoms with Gasteiger partial charge < -0.3 is 10.5 Å². The third-order valence-corrected chi connectivity index (χ3v) is 1.85. The first kappa shape index (κ1) is 10.6. The molecule has 0 aliphatic carbocycles. The van der Waals surface area contributed by atoms with Crippen LogP contribution in [0.15, 0.2) is 24.3 Å². The Kier molecular flexibility index (Phi) is 3.51. The number of aryl methyl sites for hydroxylation is 1. The van der Waals surface area contributed by atoms with E-state index in [0.29, 0.717) is 0 Å². The predicted octanol–water partition coefficient (Wildman–Crippen LogP) is 1.64. The molecule has 3 heteroatoms. The van der Waals surface area contributed by atoms with Crippen molar-refractivity contribution >= 4 is 5.91 Å². The Morgan fingerprint density at radius 3 is 2.50 bits per heavy atom. The average molecular weight is 193 g/mol. The minimum atomic E-state index is -0.343. The van der Waals surface area contributed by atoms with Crippen LogP contribution in [0.25, 0.3) is 0 Å². The van der Waals surface area contributed by atoms with Gasteiger partial charge in [-0.25, -0.2) is 0 Å². The van der Waals surface area contributed by atoms with Gasteiger partial charge in [0.25, 0.3) is 0 Å². The Morgan fingerprint density at radius 1 is 1.43 bits per heavy atom. The van der Waals surface area contributed by atoms with Crippen LogP contribution in [0.3, 0.4) is 0 Å². The number of amides is 1. The van der Waals surface area contributed by atoms with E-state index < -0.39 is 0 Å². The van der Waals surface area contributed by atoms with Crippen LogP contribution < -0.4 is 10.5 Å². The van der Waals surface area contributed by atoms with Crippen LogP contribution in [0, 0.1) is 6.92 Å². The monoisotopic (exact) mass is 193 g/mol. The summed E-state index contributed by atoms with van der Waals surface area (Å²) in [5.41, 5.74) is 6.23. The molecule has 3 nitrogen and oxygen atoms in total. The second kappa shape index (κ2) is 4.65. The Balaban J connectivity index is 2.51. The van der Waals surface area contributed by atoms with E-state index in [0.717, 1.165) is 5.75 Å². The van der Waals surface area contributed by atoms with Crippen LogP contribution in [0.2, 0.25) is 0 Å². The maximum absolute atomic E-state index is 10.6. The summed E-state index contributed by atoms with van der Waals surface area (Å²) in [6, 6.07) is 7.69. The highest BCUT2D eigenvalue weighted by atomic mass is 16.5. The topological polar surface area (TPSA) is 52.3 Å². The molecule has 0 radical (unpaired) electrons. The lowest BCUT2D eigenvalue weighted by atomic mass is 10.2. The number of ether oxygens (including phenoxy) is 1. The van der Waals surface area contributed by atoms with Crippen molar-refractivity contribution in [2.45, 2.75) is 26.4 Å². The van der Waals surface area contributed by atoms with E-state index in [1.165, 1.54) is 5.56 Å². The molecule has 0 saturated carbocycles. The number of hydrogen-bond donors (Lipinski definition) is 1. The van der Waals surface area contributed by atoms with Crippen molar-refractivity contribution in [3.8, 4) is 5.75 Å². The molecule has 1 aromatic rings. The van der Waals surface area contributed by atoms with Crippen molar-refractivity contribution in [2.75, 3.05) is 0 Å². The van der Waals surface area contributed by atoms with E-state index in [2.05, 4.69) is 0 Å². The molecule has 1 unspecified atom stereocenters. The Morgan fingerprint density at radius 2 is 2.00 bits per heavy atom. The molecule has 0 spiro atoms. The number of carbonyl (C=O) groups is 1. The van der Waals surface area contributed by atoms with Gasteiger partial charge >= 0.3 is 0 Å². The first-order valence-electron chi connectivity index (χ1n) is 4.59. The fraction of sp³-hybridized carbons (Fsp3) is 0.364. The maximum Gasteiger partial charge on any atom is 0.221 e. The van der Waals surface area contributed by atoms with Gasteiger partial charge in [0, 0.05) is 0 Å². The fourth-order valence-electron chi connectivity index (χ4n) is 1.17. The highest BCUT2D eigenvalue weighted by Crippen LogP contribution is 2.14. The van der Waals surface area contributed by atoms with Crippen molar-refractivity contribution in [1.29, 1.82) is 0 Å². The molecule has 2 N–H and O–H groups in total. The summed E-state index contributed by atoms with van der Waals surface area (Å²) in [6.45, 7) is 3.83. The molecule has 0 bridgehead atoms. The number of hydrogen-bond acceptors (Lipinski definition) is 2. The zero-order valence-electron chi connectivity index (χ0n) is 8.49. The summed E-state index contributed by atoms with van der Waals surface area (Å²) in [6.07, 6.45) is 0.0728. The van der Waals surface area contributed by atoms with E-state index in [9.17, 15) is 4.79 Å². The molecular formula is C11H15NO2. The molecule has 0 aromatic heterocycles. The van der Waals surface area contributed by atoms with E-state index in [4.69, 9.17) is 10.5 Å². The largest absolute Gasteiger partial charge is 0.490 e. The highest BCUT2D eigenvalue weighted by molar-refractivity contribution is 5.74. The minimum Gasteiger partial charge on any atom is -0.490 e. The quantitative estimate of drug-likeness (QED) is 0.790. The standard InChI is InChI=1S/C11H15NO2/c1-8-3-5-10(6-4-8)14-9(2)7-11(12)13/h3-6,9H,7H2,1-2H3,(H2,12,13). The molecule has 1 rings (SSSR count). The number of benzene rings is 1. The molecule has 0 heterocycles. The van der Waals surface area contributed by atoms with E-state index in [1.807, 2.05) is 38.1 Å². The summed E-state index contributed by atoms with van der Waals surface area (Å²) < 4.78 is 5.48. The molecule has 1 aromatic carbocycles. The van der Waals surface area contributed by atoms with Crippen molar-refractivity contribution < 1.29 is 9.53 Å². The van der Waals surface area contributed by atoms with E-state index in [1.54, 1.807) is 0 Å². The Hall–Kier alpha value is -1.51. The molecule has 1 atom stereocenters. The lowest BCUT2D eigenvalue weighted by Crippen LogP contribution is -2.22. The van der Waals surface area contributed by atoms with Gasteiger partial charge in [-0.15, -0.1) is 0 Å². The zero-order valence-corrected chi connectivity index (χ0v) is 8.49. The van der Waals surface area contributed by atoms with Crippen LogP contribution in [0.1, 0.15) is 18.9 Å². The Bertz CT molecular complexity index is 306. The maximum atomic E-state index is 10.6. The summed E-state index contributed by atoms with van der Waals surface area (Å²) in [4.78, 5) is 10.6. The first-order valence-corrected chi connectivity index (χ1v) is 4.59. The lowest BCUT2D eigenvalue weighted by Gasteiger charge is -2.12. The average Bonchev–Trinajstić information content (AvgIpc) is 2.07. The molecule has 0 aliphatic heterocycles. The molecule has 14 heavy (non-hydrogen) atoms. The highest BCUT2D eigenvalue weighted by Gasteiger charge is 2.06. The van der Waals surface area contributed by atoms with Gasteiger partial charge in [0.1, 0.15) is 11.9 Å². The fourth-order valence-corrected chi connectivity index (χ4v) is 1.17. The number of carbonyl (C=O) groups excluding carboxylic acids is 1. The first-order chi connectivity index (χ1) is 6.58. The summed E-state index contributed by atoms with van der Waals surface area (Å²) >= 11 is 0. The predicted molar refractivity (Wildman–Crippen MR) is 55.1 cm³/mol. The molecule has 0 saturated heterocycles. The zero-order chi connectivity index (χ0) is 10.6. The van der Waals surface area contributed by atoms with Crippen LogP contribution in [-0.2, 0) is 4.79 Å². The van der Waals surface area contributed by atoms with Gasteiger partial charge in [-0.2, -0.15) is 0 Å². The summed E-state index contributed by atoms with van der Waals surface area (Å²) in [5, 5.41) is 0. The Labute approximate surface area is 83.9 Å². The lowest BCUT2D eigenvalue weighted by molar-refractivity contribution is -0.119. The third-order valence-electron chi connectivity index (χ3n) is 1.85. The second-order valence-corrected chi connectivity index (χ2v) is 3.41. The third kappa shape index (κ3) is 3.47. The number of nitrogens with two attached hydrogens (primary N) is 1.